The molecule has 3 atom stereocenters. The van der Waals surface area contributed by atoms with Crippen LogP contribution in [0.5, 0.6) is 0 Å². The number of rotatable bonds is 8. The Labute approximate surface area is 144 Å². The van der Waals surface area contributed by atoms with Crippen molar-refractivity contribution in [3.63, 3.8) is 0 Å². The molecule has 1 heterocycles. The summed E-state index contributed by atoms with van der Waals surface area (Å²) in [6.07, 6.45) is 2.99. The summed E-state index contributed by atoms with van der Waals surface area (Å²) in [6.45, 7) is 6.80. The topological polar surface area (TPSA) is 70.2 Å². The first-order valence-electron chi connectivity index (χ1n) is 8.96. The predicted octanol–water partition coefficient (Wildman–Crippen LogP) is 1.95. The van der Waals surface area contributed by atoms with Crippen LogP contribution in [0.3, 0.4) is 0 Å². The smallest absolute Gasteiger partial charge is 0.251 e. The normalized spacial score (nSPS) is 19.5. The summed E-state index contributed by atoms with van der Waals surface area (Å²) in [4.78, 5) is 24.9. The van der Waals surface area contributed by atoms with Crippen molar-refractivity contribution in [1.29, 1.82) is 0 Å². The van der Waals surface area contributed by atoms with Crippen molar-refractivity contribution in [2.75, 3.05) is 19.6 Å². The Bertz CT molecular complexity index is 527. The van der Waals surface area contributed by atoms with Gasteiger partial charge in [-0.1, -0.05) is 38.5 Å². The number of carbonyl (C=O) groups is 2. The molecule has 0 aromatic heterocycles. The Balaban J connectivity index is 1.89. The highest BCUT2D eigenvalue weighted by Crippen LogP contribution is 2.12. The molecule has 5 heteroatoms. The molecular formula is C19H29N3O2. The van der Waals surface area contributed by atoms with E-state index in [4.69, 9.17) is 0 Å². The van der Waals surface area contributed by atoms with Gasteiger partial charge in [-0.15, -0.1) is 0 Å². The largest absolute Gasteiger partial charge is 0.354 e. The number of amides is 2. The highest BCUT2D eigenvalue weighted by molar-refractivity contribution is 5.97. The summed E-state index contributed by atoms with van der Waals surface area (Å²) in [5.41, 5.74) is 0.579. The van der Waals surface area contributed by atoms with Crippen LogP contribution >= 0.6 is 0 Å². The molecule has 0 bridgehead atoms. The molecule has 3 N–H and O–H groups in total. The zero-order chi connectivity index (χ0) is 17.4. The Kier molecular flexibility index (Phi) is 7.25. The molecule has 1 aliphatic heterocycles. The maximum Gasteiger partial charge on any atom is 0.251 e. The van der Waals surface area contributed by atoms with Gasteiger partial charge in [0, 0.05) is 12.1 Å². The van der Waals surface area contributed by atoms with Gasteiger partial charge in [0.25, 0.3) is 5.91 Å². The number of hydrogen-bond donors (Lipinski definition) is 3. The van der Waals surface area contributed by atoms with Gasteiger partial charge in [0.05, 0.1) is 0 Å². The van der Waals surface area contributed by atoms with Crippen LogP contribution in [0.4, 0.5) is 0 Å². The second-order valence-corrected chi connectivity index (χ2v) is 6.64. The summed E-state index contributed by atoms with van der Waals surface area (Å²) in [7, 11) is 0. The molecule has 0 spiro atoms. The van der Waals surface area contributed by atoms with Crippen molar-refractivity contribution in [2.45, 2.75) is 39.2 Å². The molecule has 0 saturated carbocycles. The molecule has 2 amide bonds. The molecule has 5 nitrogen and oxygen atoms in total. The first kappa shape index (κ1) is 18.5. The highest BCUT2D eigenvalue weighted by Gasteiger charge is 2.26. The molecule has 132 valence electrons. The van der Waals surface area contributed by atoms with Gasteiger partial charge in [-0.2, -0.15) is 0 Å². The van der Waals surface area contributed by atoms with E-state index in [0.29, 0.717) is 18.0 Å². The number of hydrogen-bond acceptors (Lipinski definition) is 3. The number of benzene rings is 1. The minimum Gasteiger partial charge on any atom is -0.354 e. The van der Waals surface area contributed by atoms with E-state index < -0.39 is 6.04 Å². The standard InChI is InChI=1S/C19H29N3O2/c1-3-14(2)17(22-18(23)16-7-5-4-6-8-16)19(24)21-12-10-15-9-11-20-13-15/h4-8,14-15,17,20H,3,9-13H2,1-2H3,(H,21,24)(H,22,23). The van der Waals surface area contributed by atoms with Gasteiger partial charge in [0.1, 0.15) is 6.04 Å². The van der Waals surface area contributed by atoms with Crippen molar-refractivity contribution in [3.8, 4) is 0 Å². The Morgan fingerprint density at radius 2 is 2.04 bits per heavy atom. The average molecular weight is 331 g/mol. The van der Waals surface area contributed by atoms with Gasteiger partial charge < -0.3 is 16.0 Å². The monoisotopic (exact) mass is 331 g/mol. The van der Waals surface area contributed by atoms with Crippen molar-refractivity contribution >= 4 is 11.8 Å². The van der Waals surface area contributed by atoms with Crippen LogP contribution in [-0.4, -0.2) is 37.5 Å². The Hall–Kier alpha value is -1.88. The molecule has 1 aromatic carbocycles. The molecule has 1 aliphatic rings. The Morgan fingerprint density at radius 3 is 2.67 bits per heavy atom. The quantitative estimate of drug-likeness (QED) is 0.682. The molecule has 0 radical (unpaired) electrons. The Morgan fingerprint density at radius 1 is 1.29 bits per heavy atom. The summed E-state index contributed by atoms with van der Waals surface area (Å²) in [5.74, 6) is 0.452. The maximum absolute atomic E-state index is 12.5. The predicted molar refractivity (Wildman–Crippen MR) is 95.8 cm³/mol. The van der Waals surface area contributed by atoms with E-state index >= 15 is 0 Å². The van der Waals surface area contributed by atoms with Crippen LogP contribution in [0.1, 0.15) is 43.5 Å². The van der Waals surface area contributed by atoms with E-state index in [2.05, 4.69) is 16.0 Å². The summed E-state index contributed by atoms with van der Waals surface area (Å²) >= 11 is 0. The third-order valence-electron chi connectivity index (χ3n) is 4.83. The molecule has 24 heavy (non-hydrogen) atoms. The van der Waals surface area contributed by atoms with Crippen LogP contribution in [-0.2, 0) is 4.79 Å². The third kappa shape index (κ3) is 5.34. The first-order chi connectivity index (χ1) is 11.6. The van der Waals surface area contributed by atoms with Crippen LogP contribution in [0.15, 0.2) is 30.3 Å². The third-order valence-corrected chi connectivity index (χ3v) is 4.83. The summed E-state index contributed by atoms with van der Waals surface area (Å²) in [6, 6.07) is 8.53. The zero-order valence-corrected chi connectivity index (χ0v) is 14.7. The number of nitrogens with one attached hydrogen (secondary N) is 3. The number of carbonyl (C=O) groups excluding carboxylic acids is 2. The summed E-state index contributed by atoms with van der Waals surface area (Å²) in [5, 5.41) is 9.23. The van der Waals surface area contributed by atoms with Gasteiger partial charge >= 0.3 is 0 Å². The molecule has 1 fully saturated rings. The van der Waals surface area contributed by atoms with Crippen LogP contribution in [0, 0.1) is 11.8 Å². The van der Waals surface area contributed by atoms with Crippen LogP contribution in [0.25, 0.3) is 0 Å². The summed E-state index contributed by atoms with van der Waals surface area (Å²) < 4.78 is 0. The molecule has 1 saturated heterocycles. The fourth-order valence-electron chi connectivity index (χ4n) is 2.99. The van der Waals surface area contributed by atoms with Gasteiger partial charge in [-0.05, 0) is 49.9 Å². The minimum atomic E-state index is -0.496. The van der Waals surface area contributed by atoms with Crippen molar-refractivity contribution in [1.82, 2.24) is 16.0 Å². The van der Waals surface area contributed by atoms with E-state index in [1.807, 2.05) is 32.0 Å². The molecule has 2 rings (SSSR count). The molecule has 1 aromatic rings. The van der Waals surface area contributed by atoms with Crippen molar-refractivity contribution in [2.24, 2.45) is 11.8 Å². The van der Waals surface area contributed by atoms with E-state index in [-0.39, 0.29) is 17.7 Å². The van der Waals surface area contributed by atoms with Crippen LogP contribution < -0.4 is 16.0 Å². The van der Waals surface area contributed by atoms with Gasteiger partial charge in [0.2, 0.25) is 5.91 Å². The molecule has 0 aliphatic carbocycles. The van der Waals surface area contributed by atoms with E-state index in [1.54, 1.807) is 12.1 Å². The average Bonchev–Trinajstić information content (AvgIpc) is 3.12. The minimum absolute atomic E-state index is 0.0837. The highest BCUT2D eigenvalue weighted by atomic mass is 16.2. The van der Waals surface area contributed by atoms with Gasteiger partial charge in [-0.3, -0.25) is 9.59 Å². The fraction of sp³-hybridized carbons (Fsp3) is 0.579. The molecular weight excluding hydrogens is 302 g/mol. The van der Waals surface area contributed by atoms with E-state index in [1.165, 1.54) is 6.42 Å². The lowest BCUT2D eigenvalue weighted by Crippen LogP contribution is -2.50. The zero-order valence-electron chi connectivity index (χ0n) is 14.7. The lowest BCUT2D eigenvalue weighted by Gasteiger charge is -2.24. The SMILES string of the molecule is CCC(C)C(NC(=O)c1ccccc1)C(=O)NCCC1CCNC1. The molecule has 3 unspecified atom stereocenters. The second-order valence-electron chi connectivity index (χ2n) is 6.64. The van der Waals surface area contributed by atoms with E-state index in [9.17, 15) is 9.59 Å². The lowest BCUT2D eigenvalue weighted by atomic mass is 9.97. The van der Waals surface area contributed by atoms with Gasteiger partial charge in [0.15, 0.2) is 0 Å². The van der Waals surface area contributed by atoms with Crippen molar-refractivity contribution < 1.29 is 9.59 Å². The fourth-order valence-corrected chi connectivity index (χ4v) is 2.99. The van der Waals surface area contributed by atoms with Crippen molar-refractivity contribution in [3.05, 3.63) is 35.9 Å². The maximum atomic E-state index is 12.5. The van der Waals surface area contributed by atoms with E-state index in [0.717, 1.165) is 25.9 Å². The van der Waals surface area contributed by atoms with Gasteiger partial charge in [-0.25, -0.2) is 0 Å². The second kappa shape index (κ2) is 9.42. The van der Waals surface area contributed by atoms with Crippen LogP contribution in [0.2, 0.25) is 0 Å². The first-order valence-corrected chi connectivity index (χ1v) is 8.96. The lowest BCUT2D eigenvalue weighted by molar-refractivity contribution is -0.124.